The first-order valence-corrected chi connectivity index (χ1v) is 10.1. The van der Waals surface area contributed by atoms with Crippen LogP contribution in [0.1, 0.15) is 0 Å². The first kappa shape index (κ1) is 20.2. The van der Waals surface area contributed by atoms with E-state index in [2.05, 4.69) is 4.72 Å². The van der Waals surface area contributed by atoms with Crippen molar-refractivity contribution in [3.05, 3.63) is 89.0 Å². The van der Waals surface area contributed by atoms with Crippen LogP contribution in [0.2, 0.25) is 0 Å². The van der Waals surface area contributed by atoms with Gasteiger partial charge in [-0.05, 0) is 42.5 Å². The molecule has 0 unspecified atom stereocenters. The van der Waals surface area contributed by atoms with Crippen molar-refractivity contribution >= 4 is 21.4 Å². The third kappa shape index (κ3) is 5.45. The first-order chi connectivity index (χ1) is 14.0. The van der Waals surface area contributed by atoms with Crippen LogP contribution >= 0.6 is 0 Å². The number of nitro groups is 1. The summed E-state index contributed by atoms with van der Waals surface area (Å²) in [5.74, 6) is 1.28. The number of nitro benzene ring substituents is 1. The molecule has 3 aromatic rings. The minimum absolute atomic E-state index is 0.260. The number of hydrogen-bond donors (Lipinski definition) is 1. The summed E-state index contributed by atoms with van der Waals surface area (Å²) in [6.07, 6.45) is 0. The van der Waals surface area contributed by atoms with E-state index in [1.165, 1.54) is 30.3 Å². The third-order valence-electron chi connectivity index (χ3n) is 3.82. The highest BCUT2D eigenvalue weighted by molar-refractivity contribution is 7.92. The highest BCUT2D eigenvalue weighted by atomic mass is 32.2. The van der Waals surface area contributed by atoms with Crippen molar-refractivity contribution in [3.63, 3.8) is 0 Å². The smallest absolute Gasteiger partial charge is 0.289 e. The number of rotatable bonds is 9. The van der Waals surface area contributed by atoms with Gasteiger partial charge in [-0.1, -0.05) is 30.3 Å². The van der Waals surface area contributed by atoms with Crippen molar-refractivity contribution in [2.45, 2.75) is 4.90 Å². The number of ether oxygens (including phenoxy) is 2. The summed E-state index contributed by atoms with van der Waals surface area (Å²) in [6, 6.07) is 20.7. The first-order valence-electron chi connectivity index (χ1n) is 8.63. The largest absolute Gasteiger partial charge is 0.490 e. The zero-order valence-corrected chi connectivity index (χ0v) is 16.0. The zero-order chi connectivity index (χ0) is 20.7. The van der Waals surface area contributed by atoms with E-state index >= 15 is 0 Å². The fourth-order valence-corrected chi connectivity index (χ4v) is 3.73. The molecule has 0 spiro atoms. The lowest BCUT2D eigenvalue weighted by molar-refractivity contribution is -0.387. The Morgan fingerprint density at radius 2 is 1.34 bits per heavy atom. The Kier molecular flexibility index (Phi) is 6.30. The molecule has 0 bridgehead atoms. The highest BCUT2D eigenvalue weighted by Crippen LogP contribution is 2.26. The molecule has 0 aliphatic rings. The predicted molar refractivity (Wildman–Crippen MR) is 108 cm³/mol. The summed E-state index contributed by atoms with van der Waals surface area (Å²) in [4.78, 5) is 9.94. The second kappa shape index (κ2) is 9.07. The Balaban J connectivity index is 1.58. The second-order valence-corrected chi connectivity index (χ2v) is 7.52. The van der Waals surface area contributed by atoms with E-state index < -0.39 is 25.5 Å². The van der Waals surface area contributed by atoms with E-state index in [-0.39, 0.29) is 5.69 Å². The molecule has 3 rings (SSSR count). The Hall–Kier alpha value is -3.59. The third-order valence-corrected chi connectivity index (χ3v) is 5.25. The van der Waals surface area contributed by atoms with Gasteiger partial charge in [0.05, 0.1) is 4.92 Å². The van der Waals surface area contributed by atoms with Crippen molar-refractivity contribution in [1.29, 1.82) is 0 Å². The van der Waals surface area contributed by atoms with Gasteiger partial charge in [-0.25, -0.2) is 8.42 Å². The average molecular weight is 414 g/mol. The Morgan fingerprint density at radius 3 is 1.97 bits per heavy atom. The lowest BCUT2D eigenvalue weighted by atomic mass is 10.3. The van der Waals surface area contributed by atoms with Crippen LogP contribution in [0.25, 0.3) is 0 Å². The molecule has 0 fully saturated rings. The number of sulfonamides is 1. The Labute approximate surface area is 167 Å². The number of benzene rings is 3. The molecule has 0 aliphatic carbocycles. The molecule has 0 aliphatic heterocycles. The van der Waals surface area contributed by atoms with Gasteiger partial charge in [0.1, 0.15) is 24.7 Å². The van der Waals surface area contributed by atoms with Gasteiger partial charge in [0.2, 0.25) is 0 Å². The number of hydrogen-bond acceptors (Lipinski definition) is 6. The number of nitrogens with one attached hydrogen (secondary N) is 1. The molecule has 0 radical (unpaired) electrons. The average Bonchev–Trinajstić information content (AvgIpc) is 2.73. The van der Waals surface area contributed by atoms with Crippen molar-refractivity contribution in [2.75, 3.05) is 17.9 Å². The molecule has 0 saturated heterocycles. The van der Waals surface area contributed by atoms with E-state index in [1.807, 2.05) is 30.3 Å². The standard InChI is InChI=1S/C20H18N2O6S/c23-22(24)19-8-4-5-9-20(19)29(25,26)21-16-10-12-18(13-11-16)28-15-14-27-17-6-2-1-3-7-17/h1-13,21H,14-15H2. The molecule has 0 aromatic heterocycles. The maximum Gasteiger partial charge on any atom is 0.289 e. The van der Waals surface area contributed by atoms with Gasteiger partial charge in [0, 0.05) is 11.8 Å². The maximum atomic E-state index is 12.5. The van der Waals surface area contributed by atoms with Crippen LogP contribution in [0.3, 0.4) is 0 Å². The van der Waals surface area contributed by atoms with Crippen LogP contribution < -0.4 is 14.2 Å². The van der Waals surface area contributed by atoms with Crippen LogP contribution in [-0.4, -0.2) is 26.6 Å². The number of para-hydroxylation sites is 2. The summed E-state index contributed by atoms with van der Waals surface area (Å²) in [5, 5.41) is 11.1. The summed E-state index contributed by atoms with van der Waals surface area (Å²) < 4.78 is 38.4. The van der Waals surface area contributed by atoms with Crippen LogP contribution in [-0.2, 0) is 10.0 Å². The fraction of sp³-hybridized carbons (Fsp3) is 0.100. The molecular formula is C20H18N2O6S. The highest BCUT2D eigenvalue weighted by Gasteiger charge is 2.25. The predicted octanol–water partition coefficient (Wildman–Crippen LogP) is 3.85. The van der Waals surface area contributed by atoms with Crippen molar-refractivity contribution in [3.8, 4) is 11.5 Å². The van der Waals surface area contributed by atoms with Gasteiger partial charge in [-0.15, -0.1) is 0 Å². The van der Waals surface area contributed by atoms with Gasteiger partial charge in [0.25, 0.3) is 15.7 Å². The summed E-state index contributed by atoms with van der Waals surface area (Å²) >= 11 is 0. The lowest BCUT2D eigenvalue weighted by Crippen LogP contribution is -2.14. The summed E-state index contributed by atoms with van der Waals surface area (Å²) in [5.41, 5.74) is -0.227. The van der Waals surface area contributed by atoms with Gasteiger partial charge in [-0.2, -0.15) is 0 Å². The zero-order valence-electron chi connectivity index (χ0n) is 15.2. The monoisotopic (exact) mass is 414 g/mol. The van der Waals surface area contributed by atoms with E-state index in [0.29, 0.717) is 19.0 Å². The van der Waals surface area contributed by atoms with Gasteiger partial charge in [-0.3, -0.25) is 14.8 Å². The number of anilines is 1. The molecule has 0 saturated carbocycles. The normalized spacial score (nSPS) is 10.9. The Bertz CT molecular complexity index is 1070. The molecule has 9 heteroatoms. The number of nitrogens with zero attached hydrogens (tertiary/aromatic N) is 1. The molecule has 1 N–H and O–H groups in total. The molecule has 29 heavy (non-hydrogen) atoms. The SMILES string of the molecule is O=[N+]([O-])c1ccccc1S(=O)(=O)Nc1ccc(OCCOc2ccccc2)cc1. The van der Waals surface area contributed by atoms with E-state index in [4.69, 9.17) is 9.47 Å². The summed E-state index contributed by atoms with van der Waals surface area (Å²) in [6.45, 7) is 0.673. The van der Waals surface area contributed by atoms with Crippen molar-refractivity contribution in [2.24, 2.45) is 0 Å². The van der Waals surface area contributed by atoms with Crippen LogP contribution in [0.5, 0.6) is 11.5 Å². The topological polar surface area (TPSA) is 108 Å². The quantitative estimate of drug-likeness (QED) is 0.324. The molecule has 0 atom stereocenters. The van der Waals surface area contributed by atoms with Crippen LogP contribution in [0.4, 0.5) is 11.4 Å². The summed E-state index contributed by atoms with van der Waals surface area (Å²) in [7, 11) is -4.11. The van der Waals surface area contributed by atoms with Crippen LogP contribution in [0, 0.1) is 10.1 Å². The molecule has 8 nitrogen and oxygen atoms in total. The molecular weight excluding hydrogens is 396 g/mol. The molecule has 0 heterocycles. The van der Waals surface area contributed by atoms with Gasteiger partial charge >= 0.3 is 0 Å². The van der Waals surface area contributed by atoms with Crippen LogP contribution in [0.15, 0.2) is 83.8 Å². The molecule has 150 valence electrons. The molecule has 3 aromatic carbocycles. The van der Waals surface area contributed by atoms with Crippen molar-refractivity contribution < 1.29 is 22.8 Å². The Morgan fingerprint density at radius 1 is 0.793 bits per heavy atom. The fourth-order valence-electron chi connectivity index (χ4n) is 2.50. The van der Waals surface area contributed by atoms with E-state index in [1.54, 1.807) is 12.1 Å². The van der Waals surface area contributed by atoms with E-state index in [9.17, 15) is 18.5 Å². The molecule has 0 amide bonds. The lowest BCUT2D eigenvalue weighted by Gasteiger charge is -2.10. The second-order valence-electron chi connectivity index (χ2n) is 5.86. The van der Waals surface area contributed by atoms with Crippen molar-refractivity contribution in [1.82, 2.24) is 0 Å². The maximum absolute atomic E-state index is 12.5. The minimum Gasteiger partial charge on any atom is -0.490 e. The van der Waals surface area contributed by atoms with Gasteiger partial charge < -0.3 is 9.47 Å². The minimum atomic E-state index is -4.11. The van der Waals surface area contributed by atoms with E-state index in [0.717, 1.165) is 11.8 Å². The van der Waals surface area contributed by atoms with Gasteiger partial charge in [0.15, 0.2) is 4.90 Å².